The van der Waals surface area contributed by atoms with E-state index in [0.29, 0.717) is 19.4 Å². The summed E-state index contributed by atoms with van der Waals surface area (Å²) in [6.07, 6.45) is 1.27. The second-order valence-electron chi connectivity index (χ2n) is 7.52. The average Bonchev–Trinajstić information content (AvgIpc) is 3.30. The highest BCUT2D eigenvalue weighted by atomic mass is 19.1. The van der Waals surface area contributed by atoms with Gasteiger partial charge in [0.2, 0.25) is 5.91 Å². The van der Waals surface area contributed by atoms with Gasteiger partial charge in [-0.15, -0.1) is 0 Å². The smallest absolute Gasteiger partial charge is 0.322 e. The van der Waals surface area contributed by atoms with Crippen molar-refractivity contribution < 1.29 is 14.0 Å². The molecule has 1 fully saturated rings. The van der Waals surface area contributed by atoms with Crippen LogP contribution < -0.4 is 10.6 Å². The Hall–Kier alpha value is -3.67. The first-order valence-corrected chi connectivity index (χ1v) is 10.4. The largest absolute Gasteiger partial charge is 0.343 e. The predicted octanol–water partition coefficient (Wildman–Crippen LogP) is 4.73. The quantitative estimate of drug-likeness (QED) is 0.631. The van der Waals surface area contributed by atoms with Crippen molar-refractivity contribution in [2.45, 2.75) is 24.9 Å². The van der Waals surface area contributed by atoms with Gasteiger partial charge in [0.1, 0.15) is 11.9 Å². The Bertz CT molecular complexity index is 1000. The highest BCUT2D eigenvalue weighted by Gasteiger charge is 2.35. The molecule has 31 heavy (non-hydrogen) atoms. The number of carbonyl (C=O) groups excluding carboxylic acids is 2. The molecule has 2 N–H and O–H groups in total. The average molecular weight is 417 g/mol. The number of likely N-dealkylation sites (tertiary alicyclic amines) is 1. The minimum absolute atomic E-state index is 0.102. The molecule has 3 amide bonds. The number of benzene rings is 3. The number of nitrogens with zero attached hydrogens (tertiary/aromatic N) is 1. The summed E-state index contributed by atoms with van der Waals surface area (Å²) in [5, 5.41) is 5.70. The van der Waals surface area contributed by atoms with E-state index >= 15 is 0 Å². The number of carbonyl (C=O) groups is 2. The van der Waals surface area contributed by atoms with E-state index in [2.05, 4.69) is 10.6 Å². The molecule has 1 atom stereocenters. The fourth-order valence-electron chi connectivity index (χ4n) is 3.92. The molecule has 0 radical (unpaired) electrons. The first kappa shape index (κ1) is 20.6. The van der Waals surface area contributed by atoms with Crippen molar-refractivity contribution in [3.8, 4) is 0 Å². The highest BCUT2D eigenvalue weighted by Crippen LogP contribution is 2.25. The Morgan fingerprint density at radius 3 is 2.06 bits per heavy atom. The van der Waals surface area contributed by atoms with Crippen molar-refractivity contribution in [2.24, 2.45) is 0 Å². The van der Waals surface area contributed by atoms with E-state index in [4.69, 9.17) is 0 Å². The Balaban J connectivity index is 1.51. The van der Waals surface area contributed by atoms with Gasteiger partial charge in [0.15, 0.2) is 0 Å². The van der Waals surface area contributed by atoms with Crippen molar-refractivity contribution in [3.05, 3.63) is 102 Å². The molecule has 3 aromatic rings. The van der Waals surface area contributed by atoms with Crippen LogP contribution in [0.3, 0.4) is 0 Å². The summed E-state index contributed by atoms with van der Waals surface area (Å²) in [4.78, 5) is 27.5. The van der Waals surface area contributed by atoms with Crippen LogP contribution in [-0.4, -0.2) is 29.4 Å². The third-order valence-corrected chi connectivity index (χ3v) is 5.48. The zero-order valence-corrected chi connectivity index (χ0v) is 17.0. The van der Waals surface area contributed by atoms with E-state index in [9.17, 15) is 14.0 Å². The fourth-order valence-corrected chi connectivity index (χ4v) is 3.92. The standard InChI is InChI=1S/C25H24FN3O2/c26-20-14-7-8-15-21(20)27-25(31)29-17-9-16-22(29)24(30)28-23(18-10-3-1-4-11-18)19-12-5-2-6-13-19/h1-8,10-15,22-23H,9,16-17H2,(H,27,31)(H,28,30). The predicted molar refractivity (Wildman–Crippen MR) is 118 cm³/mol. The molecule has 1 aliphatic rings. The van der Waals surface area contributed by atoms with Crippen molar-refractivity contribution in [2.75, 3.05) is 11.9 Å². The summed E-state index contributed by atoms with van der Waals surface area (Å²) in [7, 11) is 0. The van der Waals surface area contributed by atoms with Crippen LogP contribution in [0.25, 0.3) is 0 Å². The van der Waals surface area contributed by atoms with Gasteiger partial charge in [-0.1, -0.05) is 72.8 Å². The number of hydrogen-bond donors (Lipinski definition) is 2. The van der Waals surface area contributed by atoms with Gasteiger partial charge in [-0.2, -0.15) is 0 Å². The normalized spacial score (nSPS) is 15.7. The Labute approximate surface area is 180 Å². The molecule has 0 aromatic heterocycles. The topological polar surface area (TPSA) is 61.4 Å². The number of anilines is 1. The SMILES string of the molecule is O=C(NC(c1ccccc1)c1ccccc1)C1CCCN1C(=O)Nc1ccccc1F. The molecule has 3 aromatic carbocycles. The fraction of sp³-hybridized carbons (Fsp3) is 0.200. The van der Waals surface area contributed by atoms with Crippen LogP contribution in [0.1, 0.15) is 30.0 Å². The summed E-state index contributed by atoms with van der Waals surface area (Å²) in [6.45, 7) is 0.444. The minimum atomic E-state index is -0.610. The van der Waals surface area contributed by atoms with E-state index in [0.717, 1.165) is 11.1 Å². The number of amides is 3. The molecular weight excluding hydrogens is 393 g/mol. The van der Waals surface area contributed by atoms with Crippen LogP contribution in [0.15, 0.2) is 84.9 Å². The maximum atomic E-state index is 13.9. The van der Waals surface area contributed by atoms with Crippen LogP contribution in [0, 0.1) is 5.82 Å². The zero-order valence-electron chi connectivity index (χ0n) is 17.0. The lowest BCUT2D eigenvalue weighted by atomic mass is 9.98. The molecule has 6 heteroatoms. The van der Waals surface area contributed by atoms with E-state index in [-0.39, 0.29) is 17.6 Å². The van der Waals surface area contributed by atoms with E-state index in [1.165, 1.54) is 17.0 Å². The first-order chi connectivity index (χ1) is 15.1. The first-order valence-electron chi connectivity index (χ1n) is 10.4. The van der Waals surface area contributed by atoms with Crippen LogP contribution in [-0.2, 0) is 4.79 Å². The molecule has 1 aliphatic heterocycles. The zero-order chi connectivity index (χ0) is 21.6. The van der Waals surface area contributed by atoms with Gasteiger partial charge in [-0.25, -0.2) is 9.18 Å². The molecule has 5 nitrogen and oxygen atoms in total. The minimum Gasteiger partial charge on any atom is -0.343 e. The summed E-state index contributed by atoms with van der Waals surface area (Å²) >= 11 is 0. The molecule has 0 bridgehead atoms. The molecule has 1 saturated heterocycles. The van der Waals surface area contributed by atoms with Crippen molar-refractivity contribution in [1.29, 1.82) is 0 Å². The second-order valence-corrected chi connectivity index (χ2v) is 7.52. The van der Waals surface area contributed by atoms with Gasteiger partial charge >= 0.3 is 6.03 Å². The lowest BCUT2D eigenvalue weighted by molar-refractivity contribution is -0.125. The van der Waals surface area contributed by atoms with Gasteiger partial charge in [0, 0.05) is 6.54 Å². The monoisotopic (exact) mass is 417 g/mol. The summed E-state index contributed by atoms with van der Waals surface area (Å²) < 4.78 is 13.9. The third kappa shape index (κ3) is 4.74. The van der Waals surface area contributed by atoms with Crippen molar-refractivity contribution in [1.82, 2.24) is 10.2 Å². The van der Waals surface area contributed by atoms with E-state index < -0.39 is 17.9 Å². The van der Waals surface area contributed by atoms with Gasteiger partial charge in [-0.05, 0) is 36.1 Å². The van der Waals surface area contributed by atoms with Crippen molar-refractivity contribution in [3.63, 3.8) is 0 Å². The lowest BCUT2D eigenvalue weighted by Crippen LogP contribution is -2.48. The van der Waals surface area contributed by atoms with E-state index in [1.54, 1.807) is 12.1 Å². The third-order valence-electron chi connectivity index (χ3n) is 5.48. The van der Waals surface area contributed by atoms with Crippen molar-refractivity contribution >= 4 is 17.6 Å². The second kappa shape index (κ2) is 9.43. The molecule has 1 heterocycles. The Morgan fingerprint density at radius 1 is 0.871 bits per heavy atom. The van der Waals surface area contributed by atoms with Gasteiger partial charge in [0.25, 0.3) is 0 Å². The Kier molecular flexibility index (Phi) is 6.26. The van der Waals surface area contributed by atoms with Crippen LogP contribution in [0.4, 0.5) is 14.9 Å². The molecule has 4 rings (SSSR count). The number of nitrogens with one attached hydrogen (secondary N) is 2. The number of urea groups is 1. The van der Waals surface area contributed by atoms with Gasteiger partial charge < -0.3 is 15.5 Å². The molecule has 0 saturated carbocycles. The molecule has 0 spiro atoms. The van der Waals surface area contributed by atoms with E-state index in [1.807, 2.05) is 60.7 Å². The number of hydrogen-bond acceptors (Lipinski definition) is 2. The van der Waals surface area contributed by atoms with Crippen LogP contribution in [0.2, 0.25) is 0 Å². The number of rotatable bonds is 5. The van der Waals surface area contributed by atoms with Gasteiger partial charge in [-0.3, -0.25) is 4.79 Å². The Morgan fingerprint density at radius 2 is 1.45 bits per heavy atom. The number of halogens is 1. The van der Waals surface area contributed by atoms with Gasteiger partial charge in [0.05, 0.1) is 11.7 Å². The molecule has 1 unspecified atom stereocenters. The summed E-state index contributed by atoms with van der Waals surface area (Å²) in [6, 6.07) is 24.0. The summed E-state index contributed by atoms with van der Waals surface area (Å²) in [5.41, 5.74) is 2.02. The molecule has 158 valence electrons. The lowest BCUT2D eigenvalue weighted by Gasteiger charge is -2.27. The van der Waals surface area contributed by atoms with Crippen LogP contribution in [0.5, 0.6) is 0 Å². The maximum absolute atomic E-state index is 13.9. The summed E-state index contributed by atoms with van der Waals surface area (Å²) in [5.74, 6) is -0.733. The number of para-hydroxylation sites is 1. The van der Waals surface area contributed by atoms with Crippen LogP contribution >= 0.6 is 0 Å². The molecule has 0 aliphatic carbocycles. The highest BCUT2D eigenvalue weighted by molar-refractivity contribution is 5.94. The maximum Gasteiger partial charge on any atom is 0.322 e. The molecular formula is C25H24FN3O2.